The molecule has 0 aliphatic rings. The number of aromatic nitrogens is 1. The molecule has 1 heterocycles. The maximum absolute atomic E-state index is 12.2. The van der Waals surface area contributed by atoms with Crippen molar-refractivity contribution in [2.24, 2.45) is 0 Å². The number of benzene rings is 1. The molecule has 0 N–H and O–H groups in total. The van der Waals surface area contributed by atoms with Crippen LogP contribution in [0.25, 0.3) is 11.3 Å². The highest BCUT2D eigenvalue weighted by molar-refractivity contribution is 6.01. The van der Waals surface area contributed by atoms with E-state index in [1.807, 2.05) is 0 Å². The van der Waals surface area contributed by atoms with Gasteiger partial charge in [-0.15, -0.1) is 0 Å². The van der Waals surface area contributed by atoms with Gasteiger partial charge in [0.2, 0.25) is 0 Å². The number of nitro groups is 1. The predicted molar refractivity (Wildman–Crippen MR) is 92.3 cm³/mol. The second-order valence-corrected chi connectivity index (χ2v) is 5.20. The SMILES string of the molecule is CCOC(=O)C(C(=O)OCC)c1cnc(-c2ccccc2)c([N+](=O)[O-])c1. The van der Waals surface area contributed by atoms with Crippen LogP contribution in [0.5, 0.6) is 0 Å². The zero-order valence-electron chi connectivity index (χ0n) is 14.4. The fourth-order valence-corrected chi connectivity index (χ4v) is 2.40. The topological polar surface area (TPSA) is 109 Å². The molecule has 0 radical (unpaired) electrons. The van der Waals surface area contributed by atoms with Gasteiger partial charge in [0.05, 0.1) is 18.1 Å². The van der Waals surface area contributed by atoms with Gasteiger partial charge in [0.1, 0.15) is 5.69 Å². The van der Waals surface area contributed by atoms with Crippen LogP contribution in [0.4, 0.5) is 5.69 Å². The highest BCUT2D eigenvalue weighted by Gasteiger charge is 2.34. The van der Waals surface area contributed by atoms with E-state index in [1.54, 1.807) is 44.2 Å². The minimum Gasteiger partial charge on any atom is -0.465 e. The Hall–Kier alpha value is -3.29. The van der Waals surface area contributed by atoms with Gasteiger partial charge in [-0.2, -0.15) is 0 Å². The number of rotatable bonds is 7. The largest absolute Gasteiger partial charge is 0.465 e. The van der Waals surface area contributed by atoms with E-state index >= 15 is 0 Å². The molecule has 0 atom stereocenters. The van der Waals surface area contributed by atoms with Crippen molar-refractivity contribution in [3.63, 3.8) is 0 Å². The summed E-state index contributed by atoms with van der Waals surface area (Å²) < 4.78 is 9.81. The molecule has 0 aliphatic heterocycles. The van der Waals surface area contributed by atoms with Gasteiger partial charge < -0.3 is 9.47 Å². The number of nitrogens with zero attached hydrogens (tertiary/aromatic N) is 2. The third-order valence-corrected chi connectivity index (χ3v) is 3.51. The van der Waals surface area contributed by atoms with Crippen molar-refractivity contribution in [2.45, 2.75) is 19.8 Å². The Bertz CT molecular complexity index is 789. The molecule has 0 aliphatic carbocycles. The summed E-state index contributed by atoms with van der Waals surface area (Å²) in [5.41, 5.74) is 0.431. The van der Waals surface area contributed by atoms with Crippen molar-refractivity contribution in [2.75, 3.05) is 13.2 Å². The summed E-state index contributed by atoms with van der Waals surface area (Å²) in [6, 6.07) is 9.77. The lowest BCUT2D eigenvalue weighted by Crippen LogP contribution is -2.26. The van der Waals surface area contributed by atoms with Crippen LogP contribution >= 0.6 is 0 Å². The summed E-state index contributed by atoms with van der Waals surface area (Å²) in [4.78, 5) is 39.4. The third kappa shape index (κ3) is 4.21. The minimum atomic E-state index is -1.43. The molecular formula is C18H18N2O6. The molecule has 2 aromatic rings. The van der Waals surface area contributed by atoms with Gasteiger partial charge in [-0.3, -0.25) is 19.7 Å². The molecule has 0 bridgehead atoms. The number of carbonyl (C=O) groups excluding carboxylic acids is 2. The molecule has 136 valence electrons. The third-order valence-electron chi connectivity index (χ3n) is 3.51. The van der Waals surface area contributed by atoms with Crippen LogP contribution < -0.4 is 0 Å². The highest BCUT2D eigenvalue weighted by Crippen LogP contribution is 2.31. The maximum Gasteiger partial charge on any atom is 0.324 e. The summed E-state index contributed by atoms with van der Waals surface area (Å²) in [7, 11) is 0. The Morgan fingerprint density at radius 2 is 1.69 bits per heavy atom. The van der Waals surface area contributed by atoms with E-state index in [1.165, 1.54) is 6.20 Å². The number of carbonyl (C=O) groups is 2. The van der Waals surface area contributed by atoms with Crippen LogP contribution in [0.15, 0.2) is 42.6 Å². The number of esters is 2. The van der Waals surface area contributed by atoms with E-state index in [0.717, 1.165) is 6.07 Å². The summed E-state index contributed by atoms with van der Waals surface area (Å²) in [6.07, 6.45) is 1.26. The van der Waals surface area contributed by atoms with E-state index in [2.05, 4.69) is 4.98 Å². The van der Waals surface area contributed by atoms with E-state index in [4.69, 9.17) is 9.47 Å². The molecule has 26 heavy (non-hydrogen) atoms. The van der Waals surface area contributed by atoms with Crippen molar-refractivity contribution in [3.8, 4) is 11.3 Å². The van der Waals surface area contributed by atoms with Crippen LogP contribution in [0.1, 0.15) is 25.3 Å². The van der Waals surface area contributed by atoms with E-state index in [0.29, 0.717) is 5.56 Å². The van der Waals surface area contributed by atoms with Gasteiger partial charge in [-0.25, -0.2) is 4.98 Å². The molecule has 0 amide bonds. The molecular weight excluding hydrogens is 340 g/mol. The average molecular weight is 358 g/mol. The van der Waals surface area contributed by atoms with E-state index in [9.17, 15) is 19.7 Å². The normalized spacial score (nSPS) is 10.4. The lowest BCUT2D eigenvalue weighted by Gasteiger charge is -2.15. The molecule has 0 fully saturated rings. The van der Waals surface area contributed by atoms with Crippen molar-refractivity contribution in [3.05, 3.63) is 58.3 Å². The van der Waals surface area contributed by atoms with Gasteiger partial charge in [-0.1, -0.05) is 30.3 Å². The molecule has 1 aromatic carbocycles. The molecule has 0 saturated heterocycles. The zero-order valence-corrected chi connectivity index (χ0v) is 14.4. The standard InChI is InChI=1S/C18H18N2O6/c1-3-25-17(21)15(18(22)26-4-2)13-10-14(20(23)24)16(19-11-13)12-8-6-5-7-9-12/h5-11,15H,3-4H2,1-2H3. The Balaban J connectivity index is 2.53. The first-order valence-electron chi connectivity index (χ1n) is 8.02. The first-order chi connectivity index (χ1) is 12.5. The summed E-state index contributed by atoms with van der Waals surface area (Å²) in [5.74, 6) is -3.10. The van der Waals surface area contributed by atoms with Crippen LogP contribution in [-0.2, 0) is 19.1 Å². The summed E-state index contributed by atoms with van der Waals surface area (Å²) >= 11 is 0. The fraction of sp³-hybridized carbons (Fsp3) is 0.278. The van der Waals surface area contributed by atoms with Crippen LogP contribution in [-0.4, -0.2) is 35.1 Å². The van der Waals surface area contributed by atoms with Crippen LogP contribution in [0, 0.1) is 10.1 Å². The second kappa shape index (κ2) is 8.70. The quantitative estimate of drug-likeness (QED) is 0.324. The molecule has 2 rings (SSSR count). The van der Waals surface area contributed by atoms with Crippen molar-refractivity contribution in [1.82, 2.24) is 4.98 Å². The zero-order chi connectivity index (χ0) is 19.1. The molecule has 8 nitrogen and oxygen atoms in total. The monoisotopic (exact) mass is 358 g/mol. The second-order valence-electron chi connectivity index (χ2n) is 5.20. The highest BCUT2D eigenvalue weighted by atomic mass is 16.6. The minimum absolute atomic E-state index is 0.0493. The van der Waals surface area contributed by atoms with Crippen molar-refractivity contribution < 1.29 is 24.0 Å². The molecule has 0 unspecified atom stereocenters. The predicted octanol–water partition coefficient (Wildman–Crippen LogP) is 2.87. The Kier molecular flexibility index (Phi) is 6.37. The van der Waals surface area contributed by atoms with Gasteiger partial charge in [0, 0.05) is 23.4 Å². The Morgan fingerprint density at radius 1 is 1.12 bits per heavy atom. The molecule has 0 saturated carbocycles. The van der Waals surface area contributed by atoms with E-state index < -0.39 is 22.8 Å². The smallest absolute Gasteiger partial charge is 0.324 e. The molecule has 8 heteroatoms. The number of ether oxygens (including phenoxy) is 2. The van der Waals surface area contributed by atoms with Gasteiger partial charge in [0.25, 0.3) is 5.69 Å². The van der Waals surface area contributed by atoms with Gasteiger partial charge in [0.15, 0.2) is 5.92 Å². The first-order valence-corrected chi connectivity index (χ1v) is 8.02. The maximum atomic E-state index is 12.2. The number of pyridine rings is 1. The lowest BCUT2D eigenvalue weighted by molar-refractivity contribution is -0.384. The Morgan fingerprint density at radius 3 is 2.19 bits per heavy atom. The molecule has 0 spiro atoms. The Labute approximate surface area is 149 Å². The van der Waals surface area contributed by atoms with Crippen LogP contribution in [0.2, 0.25) is 0 Å². The average Bonchev–Trinajstić information content (AvgIpc) is 2.63. The van der Waals surface area contributed by atoms with Gasteiger partial charge >= 0.3 is 11.9 Å². The number of hydrogen-bond acceptors (Lipinski definition) is 7. The van der Waals surface area contributed by atoms with Crippen LogP contribution in [0.3, 0.4) is 0 Å². The molecule has 1 aromatic heterocycles. The number of hydrogen-bond donors (Lipinski definition) is 0. The van der Waals surface area contributed by atoms with Crippen molar-refractivity contribution in [1.29, 1.82) is 0 Å². The fourth-order valence-electron chi connectivity index (χ4n) is 2.40. The van der Waals surface area contributed by atoms with Crippen molar-refractivity contribution >= 4 is 17.6 Å². The van der Waals surface area contributed by atoms with E-state index in [-0.39, 0.29) is 30.2 Å². The van der Waals surface area contributed by atoms with Gasteiger partial charge in [-0.05, 0) is 13.8 Å². The first kappa shape index (κ1) is 19.0. The summed E-state index contributed by atoms with van der Waals surface area (Å²) in [5, 5.41) is 11.5. The summed E-state index contributed by atoms with van der Waals surface area (Å²) in [6.45, 7) is 3.32. The lowest BCUT2D eigenvalue weighted by atomic mass is 9.99.